The molecule has 1 saturated heterocycles. The van der Waals surface area contributed by atoms with Crippen molar-refractivity contribution in [1.82, 2.24) is 5.32 Å². The van der Waals surface area contributed by atoms with Gasteiger partial charge in [0.2, 0.25) is 0 Å². The van der Waals surface area contributed by atoms with Crippen LogP contribution >= 0.6 is 0 Å². The molecule has 1 aliphatic rings. The van der Waals surface area contributed by atoms with Crippen LogP contribution in [0.5, 0.6) is 5.75 Å². The molecule has 0 bridgehead atoms. The third-order valence-corrected chi connectivity index (χ3v) is 3.62. The van der Waals surface area contributed by atoms with Crippen molar-refractivity contribution in [3.05, 3.63) is 23.8 Å². The first-order valence-corrected chi connectivity index (χ1v) is 7.15. The van der Waals surface area contributed by atoms with E-state index in [1.807, 2.05) is 0 Å². The van der Waals surface area contributed by atoms with E-state index in [-0.39, 0.29) is 17.9 Å². The number of carbonyl (C=O) groups excluding carboxylic acids is 2. The molecule has 2 atom stereocenters. The number of carbonyl (C=O) groups is 2. The molecule has 1 aliphatic heterocycles. The molecule has 1 heterocycles. The summed E-state index contributed by atoms with van der Waals surface area (Å²) >= 11 is 0. The van der Waals surface area contributed by atoms with Crippen molar-refractivity contribution >= 4 is 17.5 Å². The monoisotopic (exact) mass is 307 g/mol. The van der Waals surface area contributed by atoms with Crippen LogP contribution in [-0.4, -0.2) is 44.7 Å². The van der Waals surface area contributed by atoms with Gasteiger partial charge >= 0.3 is 0 Å². The van der Waals surface area contributed by atoms with E-state index in [1.165, 1.54) is 14.2 Å². The average molecular weight is 307 g/mol. The van der Waals surface area contributed by atoms with Gasteiger partial charge in [0.15, 0.2) is 0 Å². The lowest BCUT2D eigenvalue weighted by molar-refractivity contribution is -0.126. The van der Waals surface area contributed by atoms with E-state index in [4.69, 9.17) is 15.2 Å². The predicted molar refractivity (Wildman–Crippen MR) is 82.0 cm³/mol. The molecule has 2 amide bonds. The van der Waals surface area contributed by atoms with Crippen molar-refractivity contribution < 1.29 is 19.1 Å². The Morgan fingerprint density at radius 1 is 1.41 bits per heavy atom. The van der Waals surface area contributed by atoms with Crippen molar-refractivity contribution in [2.24, 2.45) is 5.73 Å². The summed E-state index contributed by atoms with van der Waals surface area (Å²) in [4.78, 5) is 24.2. The molecule has 2 rings (SSSR count). The number of rotatable bonds is 5. The van der Waals surface area contributed by atoms with Crippen LogP contribution < -0.4 is 21.1 Å². The van der Waals surface area contributed by atoms with E-state index in [0.717, 1.165) is 6.42 Å². The summed E-state index contributed by atoms with van der Waals surface area (Å²) in [7, 11) is 3.04. The Hall–Kier alpha value is -2.12. The number of benzene rings is 1. The molecule has 0 radical (unpaired) electrons. The highest BCUT2D eigenvalue weighted by Gasteiger charge is 2.30. The number of ether oxygens (including phenoxy) is 2. The van der Waals surface area contributed by atoms with E-state index < -0.39 is 6.10 Å². The van der Waals surface area contributed by atoms with E-state index in [0.29, 0.717) is 30.0 Å². The summed E-state index contributed by atoms with van der Waals surface area (Å²) in [5.74, 6) is -0.0374. The highest BCUT2D eigenvalue weighted by Crippen LogP contribution is 2.24. The van der Waals surface area contributed by atoms with E-state index in [9.17, 15) is 9.59 Å². The highest BCUT2D eigenvalue weighted by atomic mass is 16.5. The lowest BCUT2D eigenvalue weighted by atomic mass is 10.1. The largest absolute Gasteiger partial charge is 0.497 e. The smallest absolute Gasteiger partial charge is 0.253 e. The van der Waals surface area contributed by atoms with Crippen molar-refractivity contribution in [2.45, 2.75) is 25.0 Å². The Balaban J connectivity index is 2.15. The minimum Gasteiger partial charge on any atom is -0.497 e. The third-order valence-electron chi connectivity index (χ3n) is 3.62. The van der Waals surface area contributed by atoms with Gasteiger partial charge in [-0.25, -0.2) is 0 Å². The first-order chi connectivity index (χ1) is 10.6. The van der Waals surface area contributed by atoms with Crippen LogP contribution in [-0.2, 0) is 9.53 Å². The Kier molecular flexibility index (Phi) is 5.35. The zero-order valence-electron chi connectivity index (χ0n) is 12.7. The topological polar surface area (TPSA) is 103 Å². The first-order valence-electron chi connectivity index (χ1n) is 7.15. The van der Waals surface area contributed by atoms with Gasteiger partial charge in [-0.3, -0.25) is 9.59 Å². The molecule has 0 spiro atoms. The van der Waals surface area contributed by atoms with Crippen LogP contribution in [0, 0.1) is 0 Å². The third kappa shape index (κ3) is 3.55. The van der Waals surface area contributed by atoms with Crippen LogP contribution in [0.3, 0.4) is 0 Å². The van der Waals surface area contributed by atoms with Crippen molar-refractivity contribution in [1.29, 1.82) is 0 Å². The second kappa shape index (κ2) is 7.24. The zero-order valence-corrected chi connectivity index (χ0v) is 12.7. The maximum Gasteiger partial charge on any atom is 0.253 e. The van der Waals surface area contributed by atoms with E-state index in [1.54, 1.807) is 18.2 Å². The summed E-state index contributed by atoms with van der Waals surface area (Å²) < 4.78 is 10.7. The predicted octanol–water partition coefficient (Wildman–Crippen LogP) is 0.500. The Morgan fingerprint density at radius 2 is 2.18 bits per heavy atom. The lowest BCUT2D eigenvalue weighted by Crippen LogP contribution is -2.31. The fraction of sp³-hybridized carbons (Fsp3) is 0.467. The van der Waals surface area contributed by atoms with Crippen molar-refractivity contribution in [2.75, 3.05) is 26.0 Å². The minimum absolute atomic E-state index is 0.0787. The van der Waals surface area contributed by atoms with Gasteiger partial charge in [-0.1, -0.05) is 0 Å². The molecule has 4 N–H and O–H groups in total. The second-order valence-electron chi connectivity index (χ2n) is 5.04. The molecule has 0 aromatic heterocycles. The number of methoxy groups -OCH3 is 1. The molecule has 1 aromatic carbocycles. The van der Waals surface area contributed by atoms with Crippen molar-refractivity contribution in [3.63, 3.8) is 0 Å². The molecule has 0 saturated carbocycles. The van der Waals surface area contributed by atoms with Crippen LogP contribution in [0.2, 0.25) is 0 Å². The average Bonchev–Trinajstić information content (AvgIpc) is 3.03. The Bertz CT molecular complexity index is 562. The quantitative estimate of drug-likeness (QED) is 0.735. The molecule has 0 aliphatic carbocycles. The van der Waals surface area contributed by atoms with Gasteiger partial charge in [-0.2, -0.15) is 0 Å². The minimum atomic E-state index is -0.534. The molecule has 7 heteroatoms. The Labute approximate surface area is 129 Å². The molecule has 120 valence electrons. The van der Waals surface area contributed by atoms with Crippen LogP contribution in [0.1, 0.15) is 23.2 Å². The van der Waals surface area contributed by atoms with Gasteiger partial charge < -0.3 is 25.8 Å². The Morgan fingerprint density at radius 3 is 2.77 bits per heavy atom. The number of nitrogens with one attached hydrogen (secondary N) is 2. The van der Waals surface area contributed by atoms with E-state index in [2.05, 4.69) is 10.6 Å². The van der Waals surface area contributed by atoms with Gasteiger partial charge in [-0.05, 0) is 31.0 Å². The van der Waals surface area contributed by atoms with Gasteiger partial charge in [0.25, 0.3) is 11.8 Å². The summed E-state index contributed by atoms with van der Waals surface area (Å²) in [5.41, 5.74) is 6.30. The van der Waals surface area contributed by atoms with Crippen LogP contribution in [0.15, 0.2) is 18.2 Å². The van der Waals surface area contributed by atoms with Gasteiger partial charge in [0, 0.05) is 13.6 Å². The maximum absolute atomic E-state index is 12.3. The van der Waals surface area contributed by atoms with Crippen LogP contribution in [0.4, 0.5) is 5.69 Å². The standard InChI is InChI=1S/C15H21N3O4/c1-17-14(19)11-7-9(21-2)3-5-12(11)18-15(20)13-6-4-10(8-16)22-13/h3,5,7,10,13H,4,6,8,16H2,1-2H3,(H,17,19)(H,18,20)/t10-,13+/m1/s1. The molecular weight excluding hydrogens is 286 g/mol. The number of hydrogen-bond donors (Lipinski definition) is 3. The molecular formula is C15H21N3O4. The molecule has 1 aromatic rings. The number of anilines is 1. The summed E-state index contributed by atoms with van der Waals surface area (Å²) in [6, 6.07) is 4.89. The lowest BCUT2D eigenvalue weighted by Gasteiger charge is -2.15. The fourth-order valence-electron chi connectivity index (χ4n) is 2.37. The molecule has 0 unspecified atom stereocenters. The second-order valence-corrected chi connectivity index (χ2v) is 5.04. The molecule has 7 nitrogen and oxygen atoms in total. The first kappa shape index (κ1) is 16.3. The van der Waals surface area contributed by atoms with Gasteiger partial charge in [0.05, 0.1) is 24.5 Å². The summed E-state index contributed by atoms with van der Waals surface area (Å²) in [6.07, 6.45) is 0.775. The maximum atomic E-state index is 12.3. The fourth-order valence-corrected chi connectivity index (χ4v) is 2.37. The molecule has 22 heavy (non-hydrogen) atoms. The highest BCUT2D eigenvalue weighted by molar-refractivity contribution is 6.04. The van der Waals surface area contributed by atoms with Crippen LogP contribution in [0.25, 0.3) is 0 Å². The van der Waals surface area contributed by atoms with Gasteiger partial charge in [-0.15, -0.1) is 0 Å². The number of nitrogens with two attached hydrogens (primary N) is 1. The van der Waals surface area contributed by atoms with Crippen molar-refractivity contribution in [3.8, 4) is 5.75 Å². The normalized spacial score (nSPS) is 20.5. The number of hydrogen-bond acceptors (Lipinski definition) is 5. The SMILES string of the molecule is CNC(=O)c1cc(OC)ccc1NC(=O)[C@@H]1CC[C@H](CN)O1. The summed E-state index contributed by atoms with van der Waals surface area (Å²) in [5, 5.41) is 5.28. The number of amides is 2. The zero-order chi connectivity index (χ0) is 16.1. The summed E-state index contributed by atoms with van der Waals surface area (Å²) in [6.45, 7) is 0.399. The van der Waals surface area contributed by atoms with Gasteiger partial charge in [0.1, 0.15) is 11.9 Å². The van der Waals surface area contributed by atoms with E-state index >= 15 is 0 Å². The molecule has 1 fully saturated rings.